The van der Waals surface area contributed by atoms with E-state index in [-0.39, 0.29) is 43.4 Å². The molecule has 1 saturated heterocycles. The van der Waals surface area contributed by atoms with Gasteiger partial charge in [-0.3, -0.25) is 4.57 Å². The van der Waals surface area contributed by atoms with Crippen molar-refractivity contribution in [3.05, 3.63) is 150 Å². The van der Waals surface area contributed by atoms with E-state index in [2.05, 4.69) is 89.4 Å². The van der Waals surface area contributed by atoms with Crippen LogP contribution >= 0.6 is 8.53 Å². The number of carbonyl (C=O) groups is 1. The van der Waals surface area contributed by atoms with Crippen molar-refractivity contribution in [2.24, 2.45) is 0 Å². The Hall–Kier alpha value is -5.60. The summed E-state index contributed by atoms with van der Waals surface area (Å²) in [5.74, 6) is 0.919. The van der Waals surface area contributed by atoms with Gasteiger partial charge in [0, 0.05) is 12.1 Å². The fraction of sp³-hybridized carbons (Fsp3) is 0.426. The molecule has 376 valence electrons. The SMILES string of the molecule is COc1ccc(C(OC[C@@H]2O[C@H](n3cnc4c(COC(=O)c5ccccc5)ncnc43)[C@@H](OP(OCCC#N)N(C(C)C)C(C)C)[C@H]2O[Si](C)(C)C(C)(C)C)(c2ccccc2)c2ccc(OC)cc2)cc1. The summed E-state index contributed by atoms with van der Waals surface area (Å²) in [6, 6.07) is 37.0. The Bertz CT molecular complexity index is 2640. The van der Waals surface area contributed by atoms with Crippen LogP contribution in [0.2, 0.25) is 18.1 Å². The first-order valence-electron chi connectivity index (χ1n) is 24.0. The van der Waals surface area contributed by atoms with Crippen molar-refractivity contribution in [1.82, 2.24) is 24.2 Å². The zero-order valence-electron chi connectivity index (χ0n) is 42.6. The second-order valence-electron chi connectivity index (χ2n) is 19.4. The van der Waals surface area contributed by atoms with E-state index in [9.17, 15) is 10.1 Å². The highest BCUT2D eigenvalue weighted by molar-refractivity contribution is 7.44. The number of esters is 1. The number of hydrogen-bond acceptors (Lipinski definition) is 14. The van der Waals surface area contributed by atoms with Crippen molar-refractivity contribution in [3.8, 4) is 17.6 Å². The third-order valence-corrected chi connectivity index (χ3v) is 19.7. The van der Waals surface area contributed by atoms with Crippen molar-refractivity contribution in [1.29, 1.82) is 5.26 Å². The van der Waals surface area contributed by atoms with Crippen LogP contribution in [-0.4, -0.2) is 96.3 Å². The van der Waals surface area contributed by atoms with Gasteiger partial charge >= 0.3 is 5.97 Å². The first kappa shape index (κ1) is 53.2. The zero-order chi connectivity index (χ0) is 50.9. The highest BCUT2D eigenvalue weighted by Crippen LogP contribution is 2.53. The number of carbonyl (C=O) groups excluding carboxylic acids is 1. The summed E-state index contributed by atoms with van der Waals surface area (Å²) in [6.07, 6.45) is 0.0127. The average Bonchev–Trinajstić information content (AvgIpc) is 3.94. The summed E-state index contributed by atoms with van der Waals surface area (Å²) in [4.78, 5) is 27.2. The summed E-state index contributed by atoms with van der Waals surface area (Å²) in [6.45, 7) is 19.5. The van der Waals surface area contributed by atoms with Gasteiger partial charge in [-0.05, 0) is 98.9 Å². The Morgan fingerprint density at radius 2 is 1.39 bits per heavy atom. The van der Waals surface area contributed by atoms with Crippen molar-refractivity contribution in [2.45, 2.75) is 122 Å². The van der Waals surface area contributed by atoms with Crippen LogP contribution in [0.4, 0.5) is 0 Å². The van der Waals surface area contributed by atoms with Crippen LogP contribution in [0.15, 0.2) is 122 Å². The van der Waals surface area contributed by atoms with Gasteiger partial charge in [0.25, 0.3) is 8.53 Å². The van der Waals surface area contributed by atoms with Gasteiger partial charge in [0.05, 0.1) is 51.8 Å². The van der Waals surface area contributed by atoms with E-state index < -0.39 is 53.0 Å². The summed E-state index contributed by atoms with van der Waals surface area (Å²) in [5.41, 5.74) is 3.12. The molecule has 0 radical (unpaired) electrons. The van der Waals surface area contributed by atoms with Gasteiger partial charge in [0.1, 0.15) is 59.6 Å². The normalized spacial score (nSPS) is 18.0. The third kappa shape index (κ3) is 11.9. The van der Waals surface area contributed by atoms with E-state index >= 15 is 0 Å². The first-order valence-corrected chi connectivity index (χ1v) is 28.0. The number of benzene rings is 4. The Morgan fingerprint density at radius 3 is 1.94 bits per heavy atom. The number of ether oxygens (including phenoxy) is 5. The Labute approximate surface area is 420 Å². The van der Waals surface area contributed by atoms with Crippen LogP contribution in [0.1, 0.15) is 93.9 Å². The lowest BCUT2D eigenvalue weighted by Gasteiger charge is -2.43. The van der Waals surface area contributed by atoms with Crippen molar-refractivity contribution in [3.63, 3.8) is 0 Å². The molecular weight excluding hydrogens is 936 g/mol. The number of rotatable bonds is 22. The molecule has 4 aromatic carbocycles. The smallest absolute Gasteiger partial charge is 0.338 e. The lowest BCUT2D eigenvalue weighted by molar-refractivity contribution is -0.0928. The molecule has 1 fully saturated rings. The van der Waals surface area contributed by atoms with Gasteiger partial charge in [-0.15, -0.1) is 0 Å². The maximum absolute atomic E-state index is 13.1. The molecule has 0 aliphatic carbocycles. The van der Waals surface area contributed by atoms with Crippen LogP contribution in [-0.2, 0) is 39.9 Å². The van der Waals surface area contributed by atoms with Crippen molar-refractivity contribution < 1.29 is 42.0 Å². The van der Waals surface area contributed by atoms with Crippen molar-refractivity contribution in [2.75, 3.05) is 27.4 Å². The van der Waals surface area contributed by atoms with Crippen LogP contribution in [0.3, 0.4) is 0 Å². The van der Waals surface area contributed by atoms with E-state index in [4.69, 9.17) is 47.1 Å². The molecule has 6 aromatic rings. The molecule has 5 atom stereocenters. The molecule has 17 heteroatoms. The van der Waals surface area contributed by atoms with Gasteiger partial charge < -0.3 is 37.2 Å². The number of nitriles is 1. The van der Waals surface area contributed by atoms with E-state index in [1.807, 2.05) is 77.4 Å². The molecule has 0 bridgehead atoms. The number of hydrogen-bond donors (Lipinski definition) is 0. The second kappa shape index (κ2) is 23.3. The number of fused-ring (bicyclic) bond motifs is 1. The fourth-order valence-electron chi connectivity index (χ4n) is 8.50. The second-order valence-corrected chi connectivity index (χ2v) is 25.6. The highest BCUT2D eigenvalue weighted by Gasteiger charge is 2.54. The number of aromatic nitrogens is 4. The molecule has 2 aromatic heterocycles. The highest BCUT2D eigenvalue weighted by atomic mass is 31.2. The predicted molar refractivity (Wildman–Crippen MR) is 275 cm³/mol. The number of imidazole rings is 1. The number of nitrogens with zero attached hydrogens (tertiary/aromatic N) is 6. The topological polar surface area (TPSA) is 162 Å². The minimum absolute atomic E-state index is 0.00584. The molecule has 0 amide bonds. The lowest BCUT2D eigenvalue weighted by Crippen LogP contribution is -2.51. The van der Waals surface area contributed by atoms with Gasteiger partial charge in [-0.2, -0.15) is 5.26 Å². The van der Waals surface area contributed by atoms with Gasteiger partial charge in [0.2, 0.25) is 0 Å². The van der Waals surface area contributed by atoms with E-state index in [0.29, 0.717) is 33.9 Å². The molecular formula is C54H67N6O9PSi. The summed E-state index contributed by atoms with van der Waals surface area (Å²) >= 11 is 0. The van der Waals surface area contributed by atoms with Crippen LogP contribution in [0.5, 0.6) is 11.5 Å². The summed E-state index contributed by atoms with van der Waals surface area (Å²) < 4.78 is 57.5. The Kier molecular flexibility index (Phi) is 17.5. The van der Waals surface area contributed by atoms with Gasteiger partial charge in [-0.1, -0.05) is 93.6 Å². The minimum Gasteiger partial charge on any atom is -0.497 e. The Morgan fingerprint density at radius 1 is 0.817 bits per heavy atom. The van der Waals surface area contributed by atoms with E-state index in [0.717, 1.165) is 16.7 Å². The number of methoxy groups -OCH3 is 2. The Balaban J connectivity index is 1.39. The molecule has 0 spiro atoms. The zero-order valence-corrected chi connectivity index (χ0v) is 44.5. The van der Waals surface area contributed by atoms with Gasteiger partial charge in [0.15, 0.2) is 20.2 Å². The standard InChI is InChI=1S/C54H67N6O9PSi/c1-37(2)60(38(3)4)70(66-32-18-31-55)68-49-48(69-71(10,11)53(5,6)7)46(67-51(49)59-36-58-47-45(56-35-57-50(47)59)33-64-52(61)39-19-14-12-15-20-39)34-65-54(40-21-16-13-17-22-40,41-23-27-43(62-8)28-24-41)42-25-29-44(63-9)30-26-42/h12-17,19-30,35-38,46,48-49,51H,18,32-34H2,1-11H3/t46-,48-,49-,51-,70?/m0/s1. The molecule has 7 rings (SSSR count). The van der Waals surface area contributed by atoms with E-state index in [1.54, 1.807) is 44.8 Å². The van der Waals surface area contributed by atoms with Gasteiger partial charge in [-0.25, -0.2) is 24.4 Å². The maximum atomic E-state index is 13.1. The average molecular weight is 1000 g/mol. The molecule has 1 unspecified atom stereocenters. The molecule has 0 saturated carbocycles. The van der Waals surface area contributed by atoms with Crippen LogP contribution in [0.25, 0.3) is 11.2 Å². The molecule has 15 nitrogen and oxygen atoms in total. The molecule has 3 heterocycles. The lowest BCUT2D eigenvalue weighted by atomic mass is 9.80. The molecule has 71 heavy (non-hydrogen) atoms. The van der Waals surface area contributed by atoms with Crippen molar-refractivity contribution >= 4 is 34.0 Å². The summed E-state index contributed by atoms with van der Waals surface area (Å²) in [5, 5.41) is 9.43. The van der Waals surface area contributed by atoms with Crippen LogP contribution in [0, 0.1) is 11.3 Å². The van der Waals surface area contributed by atoms with Crippen LogP contribution < -0.4 is 9.47 Å². The fourth-order valence-corrected chi connectivity index (χ4v) is 11.6. The molecule has 1 aliphatic heterocycles. The minimum atomic E-state index is -2.65. The van der Waals surface area contributed by atoms with E-state index in [1.165, 1.54) is 6.33 Å². The maximum Gasteiger partial charge on any atom is 0.338 e. The summed E-state index contributed by atoms with van der Waals surface area (Å²) in [7, 11) is -1.19. The third-order valence-electron chi connectivity index (χ3n) is 13.1. The monoisotopic (exact) mass is 1000 g/mol. The quantitative estimate of drug-likeness (QED) is 0.0208. The largest absolute Gasteiger partial charge is 0.497 e. The molecule has 0 N–H and O–H groups in total. The first-order chi connectivity index (χ1) is 34.0. The predicted octanol–water partition coefficient (Wildman–Crippen LogP) is 11.2. The molecule has 1 aliphatic rings.